The minimum atomic E-state index is 0.780. The van der Waals surface area contributed by atoms with Crippen LogP contribution in [0, 0.1) is 11.8 Å². The van der Waals surface area contributed by atoms with Crippen molar-refractivity contribution in [1.29, 1.82) is 0 Å². The largest absolute Gasteiger partial charge is 0.348 e. The van der Waals surface area contributed by atoms with Gasteiger partial charge in [0.2, 0.25) is 0 Å². The Hall–Kier alpha value is -0.0900. The molecule has 1 aliphatic rings. The molecule has 14 heavy (non-hydrogen) atoms. The van der Waals surface area contributed by atoms with Gasteiger partial charge in [-0.1, -0.05) is 22.9 Å². The summed E-state index contributed by atoms with van der Waals surface area (Å²) in [6.07, 6.45) is 3.23. The van der Waals surface area contributed by atoms with E-state index in [9.17, 15) is 0 Å². The van der Waals surface area contributed by atoms with Crippen molar-refractivity contribution >= 4 is 32.4 Å². The molecular weight excluding hydrogens is 260 g/mol. The van der Waals surface area contributed by atoms with Gasteiger partial charge in [0.1, 0.15) is 0 Å². The summed E-state index contributed by atoms with van der Waals surface area (Å²) < 4.78 is 0. The van der Waals surface area contributed by atoms with Crippen molar-refractivity contribution in [3.05, 3.63) is 11.6 Å². The molecule has 2 rings (SSSR count). The molecule has 78 valence electrons. The maximum atomic E-state index is 4.37. The molecule has 1 aromatic rings. The summed E-state index contributed by atoms with van der Waals surface area (Å²) in [7, 11) is 0. The number of alkyl halides is 1. The Kier molecular flexibility index (Phi) is 3.44. The standard InChI is InChI=1S/C10H15BrN2S/c1-8-4-9(5-11)7-13(6-8)10-12-2-3-14-10/h2-3,8-9H,4-7H2,1H3. The van der Waals surface area contributed by atoms with Crippen molar-refractivity contribution in [3.63, 3.8) is 0 Å². The monoisotopic (exact) mass is 274 g/mol. The van der Waals surface area contributed by atoms with Crippen LogP contribution in [0.5, 0.6) is 0 Å². The number of aromatic nitrogens is 1. The normalized spacial score (nSPS) is 28.0. The summed E-state index contributed by atoms with van der Waals surface area (Å²) in [4.78, 5) is 6.79. The van der Waals surface area contributed by atoms with Gasteiger partial charge in [0.15, 0.2) is 5.13 Å². The minimum absolute atomic E-state index is 0.780. The first-order valence-corrected chi connectivity index (χ1v) is 7.00. The summed E-state index contributed by atoms with van der Waals surface area (Å²) in [5.74, 6) is 1.57. The second-order valence-corrected chi connectivity index (χ2v) is 5.60. The van der Waals surface area contributed by atoms with E-state index in [0.29, 0.717) is 0 Å². The van der Waals surface area contributed by atoms with E-state index in [4.69, 9.17) is 0 Å². The molecular formula is C10H15BrN2S. The molecule has 0 saturated carbocycles. The van der Waals surface area contributed by atoms with E-state index >= 15 is 0 Å². The van der Waals surface area contributed by atoms with Crippen LogP contribution in [0.15, 0.2) is 11.6 Å². The summed E-state index contributed by atoms with van der Waals surface area (Å²) in [5, 5.41) is 4.35. The van der Waals surface area contributed by atoms with Gasteiger partial charge in [0.25, 0.3) is 0 Å². The van der Waals surface area contributed by atoms with Gasteiger partial charge in [-0.05, 0) is 18.3 Å². The smallest absolute Gasteiger partial charge is 0.185 e. The molecule has 2 unspecified atom stereocenters. The molecule has 0 bridgehead atoms. The minimum Gasteiger partial charge on any atom is -0.348 e. The van der Waals surface area contributed by atoms with E-state index in [1.807, 2.05) is 6.20 Å². The van der Waals surface area contributed by atoms with Gasteiger partial charge < -0.3 is 4.90 Å². The lowest BCUT2D eigenvalue weighted by molar-refractivity contribution is 0.362. The zero-order chi connectivity index (χ0) is 9.97. The molecule has 2 atom stereocenters. The van der Waals surface area contributed by atoms with Crippen LogP contribution in [0.1, 0.15) is 13.3 Å². The first-order valence-electron chi connectivity index (χ1n) is 5.00. The van der Waals surface area contributed by atoms with Crippen LogP contribution in [0.2, 0.25) is 0 Å². The summed E-state index contributed by atoms with van der Waals surface area (Å²) in [6.45, 7) is 4.65. The molecule has 1 aliphatic heterocycles. The molecule has 2 nitrogen and oxygen atoms in total. The van der Waals surface area contributed by atoms with Crippen molar-refractivity contribution in [2.45, 2.75) is 13.3 Å². The first-order chi connectivity index (χ1) is 6.79. The van der Waals surface area contributed by atoms with Gasteiger partial charge in [-0.2, -0.15) is 0 Å². The molecule has 0 N–H and O–H groups in total. The molecule has 1 fully saturated rings. The van der Waals surface area contributed by atoms with Crippen LogP contribution in [0.25, 0.3) is 0 Å². The van der Waals surface area contributed by atoms with Gasteiger partial charge in [0, 0.05) is 30.0 Å². The number of anilines is 1. The quantitative estimate of drug-likeness (QED) is 0.771. The van der Waals surface area contributed by atoms with Gasteiger partial charge in [-0.25, -0.2) is 4.98 Å². The zero-order valence-corrected chi connectivity index (χ0v) is 10.7. The SMILES string of the molecule is CC1CC(CBr)CN(c2nccs2)C1. The third-order valence-electron chi connectivity index (χ3n) is 2.65. The molecule has 0 aliphatic carbocycles. The van der Waals surface area contributed by atoms with Crippen molar-refractivity contribution < 1.29 is 0 Å². The fraction of sp³-hybridized carbons (Fsp3) is 0.700. The number of hydrogen-bond acceptors (Lipinski definition) is 3. The van der Waals surface area contributed by atoms with Crippen LogP contribution in [-0.2, 0) is 0 Å². The third kappa shape index (κ3) is 2.28. The van der Waals surface area contributed by atoms with Gasteiger partial charge in [-0.15, -0.1) is 11.3 Å². The van der Waals surface area contributed by atoms with E-state index in [0.717, 1.165) is 30.3 Å². The highest BCUT2D eigenvalue weighted by Gasteiger charge is 2.25. The molecule has 0 amide bonds. The van der Waals surface area contributed by atoms with Crippen molar-refractivity contribution in [1.82, 2.24) is 4.98 Å². The number of nitrogens with zero attached hydrogens (tertiary/aromatic N) is 2. The highest BCUT2D eigenvalue weighted by atomic mass is 79.9. The van der Waals surface area contributed by atoms with Crippen molar-refractivity contribution in [2.24, 2.45) is 11.8 Å². The fourth-order valence-electron chi connectivity index (χ4n) is 2.12. The number of hydrogen-bond donors (Lipinski definition) is 0. The molecule has 4 heteroatoms. The highest BCUT2D eigenvalue weighted by molar-refractivity contribution is 9.09. The number of rotatable bonds is 2. The molecule has 0 radical (unpaired) electrons. The fourth-order valence-corrected chi connectivity index (χ4v) is 3.25. The maximum absolute atomic E-state index is 4.37. The van der Waals surface area contributed by atoms with Gasteiger partial charge >= 0.3 is 0 Å². The predicted octanol–water partition coefficient (Wildman–Crippen LogP) is 3.00. The molecule has 0 aromatic carbocycles. The topological polar surface area (TPSA) is 16.1 Å². The molecule has 0 spiro atoms. The average Bonchev–Trinajstić information content (AvgIpc) is 2.69. The Bertz CT molecular complexity index is 276. The van der Waals surface area contributed by atoms with Crippen LogP contribution in [-0.4, -0.2) is 23.4 Å². The van der Waals surface area contributed by atoms with E-state index in [2.05, 4.69) is 38.1 Å². The molecule has 1 saturated heterocycles. The summed E-state index contributed by atoms with van der Waals surface area (Å²) in [5.41, 5.74) is 0. The highest BCUT2D eigenvalue weighted by Crippen LogP contribution is 2.28. The second-order valence-electron chi connectivity index (χ2n) is 4.08. The van der Waals surface area contributed by atoms with Crippen molar-refractivity contribution in [2.75, 3.05) is 23.3 Å². The molecule has 2 heterocycles. The lowest BCUT2D eigenvalue weighted by Crippen LogP contribution is -2.40. The average molecular weight is 275 g/mol. The number of piperidine rings is 1. The lowest BCUT2D eigenvalue weighted by Gasteiger charge is -2.35. The Morgan fingerprint density at radius 2 is 2.50 bits per heavy atom. The van der Waals surface area contributed by atoms with Crippen LogP contribution in [0.4, 0.5) is 5.13 Å². The lowest BCUT2D eigenvalue weighted by atomic mass is 9.92. The van der Waals surface area contributed by atoms with Gasteiger partial charge in [0.05, 0.1) is 0 Å². The maximum Gasteiger partial charge on any atom is 0.185 e. The number of halogens is 1. The Morgan fingerprint density at radius 3 is 3.14 bits per heavy atom. The van der Waals surface area contributed by atoms with Gasteiger partial charge in [-0.3, -0.25) is 0 Å². The Labute approximate surface area is 97.5 Å². The van der Waals surface area contributed by atoms with E-state index < -0.39 is 0 Å². The first kappa shape index (κ1) is 10.4. The van der Waals surface area contributed by atoms with Crippen LogP contribution in [0.3, 0.4) is 0 Å². The predicted molar refractivity (Wildman–Crippen MR) is 65.4 cm³/mol. The van der Waals surface area contributed by atoms with Crippen LogP contribution < -0.4 is 4.90 Å². The summed E-state index contributed by atoms with van der Waals surface area (Å²) in [6, 6.07) is 0. The zero-order valence-electron chi connectivity index (χ0n) is 8.32. The molecule has 1 aromatic heterocycles. The van der Waals surface area contributed by atoms with E-state index in [-0.39, 0.29) is 0 Å². The Balaban J connectivity index is 2.05. The van der Waals surface area contributed by atoms with Crippen LogP contribution >= 0.6 is 27.3 Å². The van der Waals surface area contributed by atoms with Crippen molar-refractivity contribution in [3.8, 4) is 0 Å². The van der Waals surface area contributed by atoms with E-state index in [1.165, 1.54) is 11.6 Å². The summed E-state index contributed by atoms with van der Waals surface area (Å²) >= 11 is 5.33. The van der Waals surface area contributed by atoms with E-state index in [1.54, 1.807) is 11.3 Å². The third-order valence-corrected chi connectivity index (χ3v) is 4.40. The second kappa shape index (κ2) is 4.62. The number of thiazole rings is 1. The Morgan fingerprint density at radius 1 is 1.64 bits per heavy atom.